The van der Waals surface area contributed by atoms with Gasteiger partial charge in [0.15, 0.2) is 17.3 Å². The van der Waals surface area contributed by atoms with E-state index in [0.717, 1.165) is 15.8 Å². The minimum absolute atomic E-state index is 0.0283. The van der Waals surface area contributed by atoms with Crippen LogP contribution in [0, 0.1) is 6.92 Å². The van der Waals surface area contributed by atoms with E-state index in [-0.39, 0.29) is 5.75 Å². The number of aromatic nitrogens is 4. The van der Waals surface area contributed by atoms with Gasteiger partial charge in [-0.05, 0) is 24.6 Å². The third kappa shape index (κ3) is 2.28. The Kier molecular flexibility index (Phi) is 3.62. The second-order valence-electron chi connectivity index (χ2n) is 6.57. The maximum Gasteiger partial charge on any atom is 0.332 e. The minimum Gasteiger partial charge on any atom is -0.504 e. The molecule has 140 valence electrons. The second-order valence-corrected chi connectivity index (χ2v) is 6.57. The Morgan fingerprint density at radius 1 is 1.19 bits per heavy atom. The van der Waals surface area contributed by atoms with E-state index in [9.17, 15) is 14.7 Å². The molecule has 0 aliphatic carbocycles. The number of aryl methyl sites for hydroxylation is 1. The SMILES string of the molecule is COc1ccc([C@@H]2c3c(n[nH]c3C)Nc3c2c(=O)n(C)c(=O)n3C)cc1O. The first-order valence-electron chi connectivity index (χ1n) is 8.33. The van der Waals surface area contributed by atoms with E-state index in [1.165, 1.54) is 18.7 Å². The highest BCUT2D eigenvalue weighted by atomic mass is 16.5. The van der Waals surface area contributed by atoms with Gasteiger partial charge in [-0.15, -0.1) is 0 Å². The number of hydrogen-bond acceptors (Lipinski definition) is 6. The summed E-state index contributed by atoms with van der Waals surface area (Å²) in [6.45, 7) is 1.86. The van der Waals surface area contributed by atoms with Crippen LogP contribution in [0.3, 0.4) is 0 Å². The fraction of sp³-hybridized carbons (Fsp3) is 0.278. The molecule has 3 aromatic rings. The molecule has 9 heteroatoms. The molecular formula is C18H19N5O4. The molecule has 2 aromatic heterocycles. The van der Waals surface area contributed by atoms with Gasteiger partial charge in [-0.1, -0.05) is 6.07 Å². The van der Waals surface area contributed by atoms with Crippen molar-refractivity contribution in [2.45, 2.75) is 12.8 Å². The van der Waals surface area contributed by atoms with Crippen molar-refractivity contribution in [1.29, 1.82) is 0 Å². The number of rotatable bonds is 2. The summed E-state index contributed by atoms with van der Waals surface area (Å²) in [5, 5.41) is 20.5. The molecule has 0 spiro atoms. The van der Waals surface area contributed by atoms with E-state index in [0.29, 0.717) is 28.5 Å². The highest BCUT2D eigenvalue weighted by Crippen LogP contribution is 2.44. The molecule has 27 heavy (non-hydrogen) atoms. The van der Waals surface area contributed by atoms with Gasteiger partial charge < -0.3 is 15.2 Å². The summed E-state index contributed by atoms with van der Waals surface area (Å²) < 4.78 is 7.59. The van der Waals surface area contributed by atoms with Crippen molar-refractivity contribution in [3.05, 3.63) is 61.4 Å². The molecular weight excluding hydrogens is 350 g/mol. The Bertz CT molecular complexity index is 1190. The summed E-state index contributed by atoms with van der Waals surface area (Å²) in [6, 6.07) is 5.01. The highest BCUT2D eigenvalue weighted by molar-refractivity contribution is 5.72. The van der Waals surface area contributed by atoms with E-state index >= 15 is 0 Å². The molecule has 9 nitrogen and oxygen atoms in total. The lowest BCUT2D eigenvalue weighted by atomic mass is 9.83. The molecule has 0 amide bonds. The molecule has 1 atom stereocenters. The van der Waals surface area contributed by atoms with Crippen LogP contribution in [0.5, 0.6) is 11.5 Å². The van der Waals surface area contributed by atoms with Gasteiger partial charge in [0.2, 0.25) is 0 Å². The van der Waals surface area contributed by atoms with Gasteiger partial charge in [-0.2, -0.15) is 5.10 Å². The average Bonchev–Trinajstić information content (AvgIpc) is 3.03. The molecule has 0 bridgehead atoms. The van der Waals surface area contributed by atoms with Crippen LogP contribution >= 0.6 is 0 Å². The number of methoxy groups -OCH3 is 1. The molecule has 1 aromatic carbocycles. The smallest absolute Gasteiger partial charge is 0.332 e. The first-order chi connectivity index (χ1) is 12.8. The van der Waals surface area contributed by atoms with Crippen LogP contribution in [0.1, 0.15) is 28.3 Å². The quantitative estimate of drug-likeness (QED) is 0.487. The first-order valence-corrected chi connectivity index (χ1v) is 8.33. The molecule has 0 saturated carbocycles. The van der Waals surface area contributed by atoms with Crippen LogP contribution in [0.25, 0.3) is 0 Å². The number of aromatic amines is 1. The first kappa shape index (κ1) is 17.0. The van der Waals surface area contributed by atoms with E-state index in [1.807, 2.05) is 6.92 Å². The molecule has 3 heterocycles. The zero-order chi connectivity index (χ0) is 19.5. The summed E-state index contributed by atoms with van der Waals surface area (Å²) in [4.78, 5) is 25.4. The second kappa shape index (κ2) is 5.76. The van der Waals surface area contributed by atoms with Crippen molar-refractivity contribution in [3.63, 3.8) is 0 Å². The summed E-state index contributed by atoms with van der Waals surface area (Å²) in [5.74, 6) is 0.744. The number of anilines is 2. The average molecular weight is 369 g/mol. The summed E-state index contributed by atoms with van der Waals surface area (Å²) >= 11 is 0. The van der Waals surface area contributed by atoms with Crippen molar-refractivity contribution in [1.82, 2.24) is 19.3 Å². The molecule has 4 rings (SSSR count). The number of hydrogen-bond donors (Lipinski definition) is 3. The number of H-pyrrole nitrogens is 1. The van der Waals surface area contributed by atoms with Crippen molar-refractivity contribution < 1.29 is 9.84 Å². The van der Waals surface area contributed by atoms with Gasteiger partial charge in [0.05, 0.1) is 12.7 Å². The molecule has 0 saturated heterocycles. The summed E-state index contributed by atoms with van der Waals surface area (Å²) in [7, 11) is 4.52. The summed E-state index contributed by atoms with van der Waals surface area (Å²) in [6.07, 6.45) is 0. The Balaban J connectivity index is 2.08. The minimum atomic E-state index is -0.502. The topological polar surface area (TPSA) is 114 Å². The number of phenolic OH excluding ortho intramolecular Hbond substituents is 1. The number of nitrogens with zero attached hydrogens (tertiary/aromatic N) is 3. The molecule has 1 aliphatic heterocycles. The van der Waals surface area contributed by atoms with Crippen LogP contribution in [-0.4, -0.2) is 31.5 Å². The number of benzene rings is 1. The Labute approximate surface area is 153 Å². The molecule has 3 N–H and O–H groups in total. The molecule has 0 unspecified atom stereocenters. The molecule has 0 fully saturated rings. The fourth-order valence-corrected chi connectivity index (χ4v) is 3.64. The third-order valence-corrected chi connectivity index (χ3v) is 5.04. The number of ether oxygens (including phenoxy) is 1. The number of fused-ring (bicyclic) bond motifs is 2. The normalized spacial score (nSPS) is 15.0. The Hall–Kier alpha value is -3.49. The lowest BCUT2D eigenvalue weighted by molar-refractivity contribution is 0.373. The van der Waals surface area contributed by atoms with Gasteiger partial charge in [0, 0.05) is 31.3 Å². The number of phenols is 1. The van der Waals surface area contributed by atoms with E-state index in [1.54, 1.807) is 25.2 Å². The number of aromatic hydroxyl groups is 1. The van der Waals surface area contributed by atoms with Crippen LogP contribution in [-0.2, 0) is 14.1 Å². The Morgan fingerprint density at radius 3 is 2.59 bits per heavy atom. The fourth-order valence-electron chi connectivity index (χ4n) is 3.64. The van der Waals surface area contributed by atoms with Gasteiger partial charge in [-0.3, -0.25) is 19.0 Å². The third-order valence-electron chi connectivity index (χ3n) is 5.04. The standard InChI is InChI=1S/C18H19N5O4/c1-8-12-13(9-5-6-11(27-4)10(24)7-9)14-16(19-15(12)21-20-8)22(2)18(26)23(3)17(14)25/h5-7,13,24H,1-4H3,(H2,19,20,21)/t13-/m1/s1. The van der Waals surface area contributed by atoms with E-state index in [2.05, 4.69) is 15.5 Å². The van der Waals surface area contributed by atoms with Crippen molar-refractivity contribution >= 4 is 11.6 Å². The highest BCUT2D eigenvalue weighted by Gasteiger charge is 2.35. The maximum atomic E-state index is 13.0. The zero-order valence-corrected chi connectivity index (χ0v) is 15.3. The van der Waals surface area contributed by atoms with Crippen molar-refractivity contribution in [2.75, 3.05) is 12.4 Å². The van der Waals surface area contributed by atoms with Crippen molar-refractivity contribution in [3.8, 4) is 11.5 Å². The monoisotopic (exact) mass is 369 g/mol. The van der Waals surface area contributed by atoms with Crippen LogP contribution in [0.15, 0.2) is 27.8 Å². The number of nitrogens with one attached hydrogen (secondary N) is 2. The van der Waals surface area contributed by atoms with Crippen LogP contribution in [0.4, 0.5) is 11.6 Å². The van der Waals surface area contributed by atoms with Crippen molar-refractivity contribution in [2.24, 2.45) is 14.1 Å². The van der Waals surface area contributed by atoms with Gasteiger partial charge in [0.25, 0.3) is 5.56 Å². The Morgan fingerprint density at radius 2 is 1.93 bits per heavy atom. The predicted octanol–water partition coefficient (Wildman–Crippen LogP) is 1.07. The van der Waals surface area contributed by atoms with Gasteiger partial charge in [0.1, 0.15) is 5.82 Å². The lowest BCUT2D eigenvalue weighted by Crippen LogP contribution is -2.42. The predicted molar refractivity (Wildman–Crippen MR) is 99.1 cm³/mol. The van der Waals surface area contributed by atoms with E-state index in [4.69, 9.17) is 4.74 Å². The maximum absolute atomic E-state index is 13.0. The van der Waals surface area contributed by atoms with E-state index < -0.39 is 17.2 Å². The summed E-state index contributed by atoms with van der Waals surface area (Å²) in [5.41, 5.74) is 1.87. The van der Waals surface area contributed by atoms with Crippen LogP contribution in [0.2, 0.25) is 0 Å². The van der Waals surface area contributed by atoms with Gasteiger partial charge >= 0.3 is 5.69 Å². The van der Waals surface area contributed by atoms with Crippen LogP contribution < -0.4 is 21.3 Å². The zero-order valence-electron chi connectivity index (χ0n) is 15.3. The van der Waals surface area contributed by atoms with Gasteiger partial charge in [-0.25, -0.2) is 4.79 Å². The largest absolute Gasteiger partial charge is 0.504 e. The molecule has 1 aliphatic rings. The molecule has 0 radical (unpaired) electrons. The lowest BCUT2D eigenvalue weighted by Gasteiger charge is -2.28.